The minimum atomic E-state index is 0.185. The van der Waals surface area contributed by atoms with Gasteiger partial charge in [0.15, 0.2) is 5.78 Å². The molecule has 0 aliphatic carbocycles. The first kappa shape index (κ1) is 12.9. The predicted molar refractivity (Wildman–Crippen MR) is 85.0 cm³/mol. The van der Waals surface area contributed by atoms with Gasteiger partial charge in [0.25, 0.3) is 0 Å². The predicted octanol–water partition coefficient (Wildman–Crippen LogP) is 5.10. The van der Waals surface area contributed by atoms with E-state index in [1.165, 1.54) is 0 Å². The van der Waals surface area contributed by atoms with E-state index in [2.05, 4.69) is 24.8 Å². The number of fused-ring (bicyclic) bond motifs is 1. The zero-order valence-electron chi connectivity index (χ0n) is 11.0. The molecule has 0 unspecified atom stereocenters. The Balaban J connectivity index is 2.03. The first-order valence-electron chi connectivity index (χ1n) is 6.50. The van der Waals surface area contributed by atoms with Gasteiger partial charge in [0.1, 0.15) is 0 Å². The molecule has 2 heteroatoms. The molecule has 0 fully saturated rings. The van der Waals surface area contributed by atoms with E-state index in [-0.39, 0.29) is 5.78 Å². The molecule has 1 aliphatic heterocycles. The molecule has 0 saturated heterocycles. The average Bonchev–Trinajstić information content (AvgIpc) is 2.48. The van der Waals surface area contributed by atoms with Crippen LogP contribution >= 0.6 is 11.8 Å². The topological polar surface area (TPSA) is 17.1 Å². The highest BCUT2D eigenvalue weighted by Gasteiger charge is 2.21. The third-order valence-electron chi connectivity index (χ3n) is 3.27. The van der Waals surface area contributed by atoms with E-state index < -0.39 is 0 Å². The third-order valence-corrected chi connectivity index (χ3v) is 4.39. The molecule has 0 atom stereocenters. The first-order chi connectivity index (χ1) is 9.78. The van der Waals surface area contributed by atoms with Gasteiger partial charge in [-0.15, -0.1) is 0 Å². The summed E-state index contributed by atoms with van der Waals surface area (Å²) in [5.41, 5.74) is 3.06. The quantitative estimate of drug-likeness (QED) is 0.760. The van der Waals surface area contributed by atoms with E-state index in [1.807, 2.05) is 36.4 Å². The van der Waals surface area contributed by atoms with E-state index in [1.54, 1.807) is 17.8 Å². The van der Waals surface area contributed by atoms with E-state index in [9.17, 15) is 4.79 Å². The van der Waals surface area contributed by atoms with Crippen LogP contribution in [-0.2, 0) is 0 Å². The summed E-state index contributed by atoms with van der Waals surface area (Å²) in [6.07, 6.45) is 4.12. The van der Waals surface area contributed by atoms with Crippen molar-refractivity contribution in [2.24, 2.45) is 0 Å². The number of rotatable bonds is 2. The van der Waals surface area contributed by atoms with Crippen molar-refractivity contribution >= 4 is 17.5 Å². The Labute approximate surface area is 123 Å². The highest BCUT2D eigenvalue weighted by atomic mass is 32.2. The summed E-state index contributed by atoms with van der Waals surface area (Å²) in [4.78, 5) is 14.4. The van der Waals surface area contributed by atoms with Gasteiger partial charge in [-0.25, -0.2) is 0 Å². The van der Waals surface area contributed by atoms with Crippen LogP contribution in [0.3, 0.4) is 0 Å². The van der Waals surface area contributed by atoms with Gasteiger partial charge in [0.05, 0.1) is 0 Å². The monoisotopic (exact) mass is 278 g/mol. The van der Waals surface area contributed by atoms with Gasteiger partial charge in [-0.1, -0.05) is 66.9 Å². The van der Waals surface area contributed by atoms with Crippen LogP contribution in [0.2, 0.25) is 0 Å². The Bertz CT molecular complexity index is 699. The number of carbonyl (C=O) groups excluding carboxylic acids is 1. The van der Waals surface area contributed by atoms with Crippen molar-refractivity contribution in [1.29, 1.82) is 0 Å². The van der Waals surface area contributed by atoms with E-state index in [0.717, 1.165) is 26.5 Å². The SMILES string of the molecule is C=C/C=C1\CC(=O)c2cc(-c3ccccc3)ccc2S1. The summed E-state index contributed by atoms with van der Waals surface area (Å²) in [5, 5.41) is 0. The van der Waals surface area contributed by atoms with Crippen molar-refractivity contribution in [3.05, 3.63) is 77.7 Å². The van der Waals surface area contributed by atoms with Crippen molar-refractivity contribution in [2.75, 3.05) is 0 Å². The molecule has 0 amide bonds. The fraction of sp³-hybridized carbons (Fsp3) is 0.0556. The lowest BCUT2D eigenvalue weighted by atomic mass is 9.99. The second-order valence-electron chi connectivity index (χ2n) is 4.65. The summed E-state index contributed by atoms with van der Waals surface area (Å²) in [6, 6.07) is 16.3. The molecule has 0 saturated carbocycles. The van der Waals surface area contributed by atoms with Gasteiger partial charge in [0, 0.05) is 16.9 Å². The fourth-order valence-electron chi connectivity index (χ4n) is 2.30. The van der Waals surface area contributed by atoms with Gasteiger partial charge < -0.3 is 0 Å². The molecule has 1 aliphatic rings. The number of hydrogen-bond donors (Lipinski definition) is 0. The maximum Gasteiger partial charge on any atom is 0.168 e. The Morgan fingerprint density at radius 1 is 1.05 bits per heavy atom. The van der Waals surface area contributed by atoms with Crippen LogP contribution in [0.15, 0.2) is 77.1 Å². The van der Waals surface area contributed by atoms with Gasteiger partial charge in [-0.2, -0.15) is 0 Å². The summed E-state index contributed by atoms with van der Waals surface area (Å²) in [5.74, 6) is 0.185. The smallest absolute Gasteiger partial charge is 0.168 e. The molecule has 0 aromatic heterocycles. The standard InChI is InChI=1S/C18H14OS/c1-2-6-15-12-17(19)16-11-14(9-10-18(16)20-15)13-7-4-3-5-8-13/h2-11H,1,12H2/b15-6+. The second kappa shape index (κ2) is 5.51. The number of benzene rings is 2. The molecule has 98 valence electrons. The van der Waals surface area contributed by atoms with Crippen LogP contribution in [0.4, 0.5) is 0 Å². The number of thioether (sulfide) groups is 1. The van der Waals surface area contributed by atoms with Crippen LogP contribution in [0, 0.1) is 0 Å². The maximum absolute atomic E-state index is 12.3. The van der Waals surface area contributed by atoms with Crippen molar-refractivity contribution in [3.8, 4) is 11.1 Å². The highest BCUT2D eigenvalue weighted by Crippen LogP contribution is 2.39. The molecule has 0 N–H and O–H groups in total. The van der Waals surface area contributed by atoms with Gasteiger partial charge >= 0.3 is 0 Å². The van der Waals surface area contributed by atoms with Crippen molar-refractivity contribution in [2.45, 2.75) is 11.3 Å². The molecule has 0 spiro atoms. The average molecular weight is 278 g/mol. The molecular formula is C18H14OS. The number of carbonyl (C=O) groups is 1. The van der Waals surface area contributed by atoms with E-state index in [0.29, 0.717) is 6.42 Å². The van der Waals surface area contributed by atoms with Crippen LogP contribution in [0.25, 0.3) is 11.1 Å². The number of ketones is 1. The van der Waals surface area contributed by atoms with Gasteiger partial charge in [-0.3, -0.25) is 4.79 Å². The lowest BCUT2D eigenvalue weighted by Gasteiger charge is -2.17. The van der Waals surface area contributed by atoms with Crippen LogP contribution in [-0.4, -0.2) is 5.78 Å². The lowest BCUT2D eigenvalue weighted by Crippen LogP contribution is -2.07. The maximum atomic E-state index is 12.3. The Hall–Kier alpha value is -2.06. The molecule has 0 radical (unpaired) electrons. The minimum Gasteiger partial charge on any atom is -0.294 e. The summed E-state index contributed by atoms with van der Waals surface area (Å²) in [6.45, 7) is 3.69. The Morgan fingerprint density at radius 3 is 2.60 bits per heavy atom. The number of Topliss-reactive ketones (excluding diaryl/α,β-unsaturated/α-hetero) is 1. The normalized spacial score (nSPS) is 16.0. The van der Waals surface area contributed by atoms with Crippen LogP contribution in [0.5, 0.6) is 0 Å². The summed E-state index contributed by atoms with van der Waals surface area (Å²) >= 11 is 1.66. The fourth-order valence-corrected chi connectivity index (χ4v) is 3.37. The zero-order chi connectivity index (χ0) is 13.9. The molecule has 1 heterocycles. The zero-order valence-corrected chi connectivity index (χ0v) is 11.8. The Kier molecular flexibility index (Phi) is 3.57. The van der Waals surface area contributed by atoms with Crippen molar-refractivity contribution in [1.82, 2.24) is 0 Å². The summed E-state index contributed by atoms with van der Waals surface area (Å²) < 4.78 is 0. The molecule has 2 aromatic rings. The molecule has 2 aromatic carbocycles. The molecule has 3 rings (SSSR count). The van der Waals surface area contributed by atoms with Crippen molar-refractivity contribution < 1.29 is 4.79 Å². The highest BCUT2D eigenvalue weighted by molar-refractivity contribution is 8.03. The van der Waals surface area contributed by atoms with Crippen LogP contribution in [0.1, 0.15) is 16.8 Å². The van der Waals surface area contributed by atoms with Crippen LogP contribution < -0.4 is 0 Å². The first-order valence-corrected chi connectivity index (χ1v) is 7.31. The Morgan fingerprint density at radius 2 is 1.85 bits per heavy atom. The van der Waals surface area contributed by atoms with Gasteiger partial charge in [-0.05, 0) is 28.2 Å². The molecular weight excluding hydrogens is 264 g/mol. The van der Waals surface area contributed by atoms with Gasteiger partial charge in [0.2, 0.25) is 0 Å². The number of allylic oxidation sites excluding steroid dienone is 3. The molecule has 0 bridgehead atoms. The molecule has 1 nitrogen and oxygen atoms in total. The third kappa shape index (κ3) is 2.47. The number of hydrogen-bond acceptors (Lipinski definition) is 2. The van der Waals surface area contributed by atoms with E-state index in [4.69, 9.17) is 0 Å². The van der Waals surface area contributed by atoms with Crippen molar-refractivity contribution in [3.63, 3.8) is 0 Å². The summed E-state index contributed by atoms with van der Waals surface area (Å²) in [7, 11) is 0. The molecule has 20 heavy (non-hydrogen) atoms. The largest absolute Gasteiger partial charge is 0.294 e. The second-order valence-corrected chi connectivity index (χ2v) is 5.82. The van der Waals surface area contributed by atoms with E-state index >= 15 is 0 Å². The lowest BCUT2D eigenvalue weighted by molar-refractivity contribution is 0.0990. The minimum absolute atomic E-state index is 0.185.